The SMILES string of the molecule is CSc1cccc(NC(=O)COC(=O)[C@H]2COc3ccccc3O2)c1. The van der Waals surface area contributed by atoms with E-state index in [0.29, 0.717) is 17.2 Å². The zero-order valence-corrected chi connectivity index (χ0v) is 14.4. The van der Waals surface area contributed by atoms with E-state index in [2.05, 4.69) is 5.32 Å². The highest BCUT2D eigenvalue weighted by atomic mass is 32.2. The van der Waals surface area contributed by atoms with Crippen molar-refractivity contribution in [3.05, 3.63) is 48.5 Å². The van der Waals surface area contributed by atoms with Crippen LogP contribution < -0.4 is 14.8 Å². The fraction of sp³-hybridized carbons (Fsp3) is 0.222. The van der Waals surface area contributed by atoms with Gasteiger partial charge in [-0.2, -0.15) is 0 Å². The summed E-state index contributed by atoms with van der Waals surface area (Å²) in [6.45, 7) is -0.336. The van der Waals surface area contributed by atoms with Crippen molar-refractivity contribution in [3.8, 4) is 11.5 Å². The van der Waals surface area contributed by atoms with Crippen LogP contribution in [0.15, 0.2) is 53.4 Å². The second-order valence-electron chi connectivity index (χ2n) is 5.25. The van der Waals surface area contributed by atoms with Crippen molar-refractivity contribution < 1.29 is 23.8 Å². The number of para-hydroxylation sites is 2. The summed E-state index contributed by atoms with van der Waals surface area (Å²) < 4.78 is 16.0. The standard InChI is InChI=1S/C18H17NO5S/c1-25-13-6-4-5-12(9-13)19-17(20)11-23-18(21)16-10-22-14-7-2-3-8-15(14)24-16/h2-9,16H,10-11H2,1H3,(H,19,20)/t16-/m1/s1. The number of carbonyl (C=O) groups is 2. The number of thioether (sulfide) groups is 1. The van der Waals surface area contributed by atoms with E-state index in [-0.39, 0.29) is 13.2 Å². The van der Waals surface area contributed by atoms with Crippen molar-refractivity contribution >= 4 is 29.3 Å². The van der Waals surface area contributed by atoms with Crippen LogP contribution in [-0.2, 0) is 14.3 Å². The molecule has 1 amide bonds. The monoisotopic (exact) mass is 359 g/mol. The molecule has 130 valence electrons. The molecule has 0 aliphatic carbocycles. The molecule has 7 heteroatoms. The lowest BCUT2D eigenvalue weighted by Gasteiger charge is -2.24. The number of benzene rings is 2. The van der Waals surface area contributed by atoms with Crippen LogP contribution in [0.4, 0.5) is 5.69 Å². The Kier molecular flexibility index (Phi) is 5.45. The second kappa shape index (κ2) is 7.94. The van der Waals surface area contributed by atoms with Gasteiger partial charge in [-0.1, -0.05) is 18.2 Å². The molecule has 0 unspecified atom stereocenters. The maximum absolute atomic E-state index is 12.1. The van der Waals surface area contributed by atoms with Crippen LogP contribution in [0.2, 0.25) is 0 Å². The molecule has 3 rings (SSSR count). The van der Waals surface area contributed by atoms with Gasteiger partial charge in [0.15, 0.2) is 18.1 Å². The Hall–Kier alpha value is -2.67. The molecular formula is C18H17NO5S. The predicted molar refractivity (Wildman–Crippen MR) is 94.2 cm³/mol. The third kappa shape index (κ3) is 4.45. The second-order valence-corrected chi connectivity index (χ2v) is 6.13. The lowest BCUT2D eigenvalue weighted by Crippen LogP contribution is -2.39. The van der Waals surface area contributed by atoms with E-state index in [0.717, 1.165) is 4.90 Å². The van der Waals surface area contributed by atoms with Gasteiger partial charge in [-0.15, -0.1) is 11.8 Å². The van der Waals surface area contributed by atoms with Gasteiger partial charge in [0.1, 0.15) is 6.61 Å². The molecule has 1 aliphatic heterocycles. The topological polar surface area (TPSA) is 73.9 Å². The van der Waals surface area contributed by atoms with Crippen molar-refractivity contribution in [2.75, 3.05) is 24.8 Å². The first-order valence-electron chi connectivity index (χ1n) is 7.65. The van der Waals surface area contributed by atoms with Crippen LogP contribution in [0.1, 0.15) is 0 Å². The van der Waals surface area contributed by atoms with Crippen molar-refractivity contribution in [3.63, 3.8) is 0 Å². The zero-order valence-electron chi connectivity index (χ0n) is 13.6. The average Bonchev–Trinajstić information content (AvgIpc) is 2.65. The molecule has 0 saturated carbocycles. The lowest BCUT2D eigenvalue weighted by molar-refractivity contribution is -0.156. The van der Waals surface area contributed by atoms with Crippen LogP contribution in [0, 0.1) is 0 Å². The molecule has 2 aromatic carbocycles. The minimum atomic E-state index is -0.887. The first-order valence-corrected chi connectivity index (χ1v) is 8.87. The highest BCUT2D eigenvalue weighted by molar-refractivity contribution is 7.98. The summed E-state index contributed by atoms with van der Waals surface area (Å²) in [6.07, 6.45) is 1.06. The smallest absolute Gasteiger partial charge is 0.351 e. The molecule has 0 bridgehead atoms. The van der Waals surface area contributed by atoms with Gasteiger partial charge >= 0.3 is 5.97 Å². The number of anilines is 1. The summed E-state index contributed by atoms with van der Waals surface area (Å²) >= 11 is 1.57. The number of rotatable bonds is 5. The number of ether oxygens (including phenoxy) is 3. The molecule has 0 aromatic heterocycles. The van der Waals surface area contributed by atoms with Gasteiger partial charge in [0, 0.05) is 10.6 Å². The van der Waals surface area contributed by atoms with E-state index in [1.54, 1.807) is 36.0 Å². The molecule has 0 saturated heterocycles. The Morgan fingerprint density at radius 1 is 1.20 bits per heavy atom. The predicted octanol–water partition coefficient (Wildman–Crippen LogP) is 2.73. The summed E-state index contributed by atoms with van der Waals surface area (Å²) in [5, 5.41) is 2.69. The van der Waals surface area contributed by atoms with Crippen LogP contribution in [0.25, 0.3) is 0 Å². The molecule has 1 atom stereocenters. The summed E-state index contributed by atoms with van der Waals surface area (Å²) in [6, 6.07) is 14.5. The molecule has 0 spiro atoms. The first kappa shape index (κ1) is 17.2. The van der Waals surface area contributed by atoms with Gasteiger partial charge < -0.3 is 19.5 Å². The Labute approximate surface area is 149 Å². The molecule has 0 fully saturated rings. The third-order valence-corrected chi connectivity index (χ3v) is 4.20. The lowest BCUT2D eigenvalue weighted by atomic mass is 10.2. The van der Waals surface area contributed by atoms with Gasteiger partial charge in [-0.25, -0.2) is 4.79 Å². The van der Waals surface area contributed by atoms with Crippen LogP contribution in [-0.4, -0.2) is 37.4 Å². The molecule has 0 radical (unpaired) electrons. The number of fused-ring (bicyclic) bond motifs is 1. The fourth-order valence-electron chi connectivity index (χ4n) is 2.26. The Balaban J connectivity index is 1.50. The minimum Gasteiger partial charge on any atom is -0.485 e. The summed E-state index contributed by atoms with van der Waals surface area (Å²) in [5.74, 6) is 0.0123. The Morgan fingerprint density at radius 2 is 2.00 bits per heavy atom. The highest BCUT2D eigenvalue weighted by Crippen LogP contribution is 2.31. The number of hydrogen-bond donors (Lipinski definition) is 1. The summed E-state index contributed by atoms with van der Waals surface area (Å²) in [7, 11) is 0. The quantitative estimate of drug-likeness (QED) is 0.654. The van der Waals surface area contributed by atoms with E-state index in [9.17, 15) is 9.59 Å². The summed E-state index contributed by atoms with van der Waals surface area (Å²) in [4.78, 5) is 25.0. The van der Waals surface area contributed by atoms with Crippen LogP contribution >= 0.6 is 11.8 Å². The number of esters is 1. The van der Waals surface area contributed by atoms with Crippen LogP contribution in [0.5, 0.6) is 11.5 Å². The van der Waals surface area contributed by atoms with Crippen molar-refractivity contribution in [1.82, 2.24) is 0 Å². The van der Waals surface area contributed by atoms with Crippen molar-refractivity contribution in [2.24, 2.45) is 0 Å². The molecule has 2 aromatic rings. The molecule has 6 nitrogen and oxygen atoms in total. The van der Waals surface area contributed by atoms with Gasteiger partial charge in [0.25, 0.3) is 5.91 Å². The fourth-order valence-corrected chi connectivity index (χ4v) is 2.72. The van der Waals surface area contributed by atoms with Crippen LogP contribution in [0.3, 0.4) is 0 Å². The van der Waals surface area contributed by atoms with Gasteiger partial charge in [-0.3, -0.25) is 4.79 Å². The van der Waals surface area contributed by atoms with E-state index in [4.69, 9.17) is 14.2 Å². The average molecular weight is 359 g/mol. The van der Waals surface area contributed by atoms with E-state index in [1.165, 1.54) is 0 Å². The zero-order chi connectivity index (χ0) is 17.6. The van der Waals surface area contributed by atoms with E-state index < -0.39 is 18.0 Å². The Bertz CT molecular complexity index is 780. The van der Waals surface area contributed by atoms with E-state index in [1.807, 2.05) is 30.5 Å². The molecule has 1 aliphatic rings. The maximum atomic E-state index is 12.1. The Morgan fingerprint density at radius 3 is 2.80 bits per heavy atom. The third-order valence-electron chi connectivity index (χ3n) is 3.47. The first-order chi connectivity index (χ1) is 12.2. The number of carbonyl (C=O) groups excluding carboxylic acids is 2. The summed E-state index contributed by atoms with van der Waals surface area (Å²) in [5.41, 5.74) is 0.652. The maximum Gasteiger partial charge on any atom is 0.351 e. The number of amides is 1. The number of hydrogen-bond acceptors (Lipinski definition) is 6. The molecule has 1 heterocycles. The normalized spacial score (nSPS) is 15.3. The minimum absolute atomic E-state index is 0.0488. The van der Waals surface area contributed by atoms with Gasteiger partial charge in [-0.05, 0) is 36.6 Å². The van der Waals surface area contributed by atoms with Gasteiger partial charge in [0.05, 0.1) is 0 Å². The van der Waals surface area contributed by atoms with E-state index >= 15 is 0 Å². The van der Waals surface area contributed by atoms with Crippen molar-refractivity contribution in [2.45, 2.75) is 11.0 Å². The number of nitrogens with one attached hydrogen (secondary N) is 1. The molecular weight excluding hydrogens is 342 g/mol. The van der Waals surface area contributed by atoms with Crippen molar-refractivity contribution in [1.29, 1.82) is 0 Å². The molecule has 1 N–H and O–H groups in total. The van der Waals surface area contributed by atoms with Gasteiger partial charge in [0.2, 0.25) is 6.10 Å². The highest BCUT2D eigenvalue weighted by Gasteiger charge is 2.29. The molecule has 25 heavy (non-hydrogen) atoms. The largest absolute Gasteiger partial charge is 0.485 e.